The molecule has 0 aliphatic carbocycles. The van der Waals surface area contributed by atoms with Gasteiger partial charge in [0.05, 0.1) is 0 Å². The molecule has 19 heavy (non-hydrogen) atoms. The van der Waals surface area contributed by atoms with Crippen LogP contribution in [0.3, 0.4) is 0 Å². The summed E-state index contributed by atoms with van der Waals surface area (Å²) in [4.78, 5) is 30.2. The number of hydrogen-bond acceptors (Lipinski definition) is 4. The molecule has 0 aromatic carbocycles. The number of imidazole rings is 1. The minimum Gasteiger partial charge on any atom is -0.356 e. The largest absolute Gasteiger partial charge is 0.356 e. The van der Waals surface area contributed by atoms with Gasteiger partial charge in [-0.25, -0.2) is 4.79 Å². The van der Waals surface area contributed by atoms with Crippen molar-refractivity contribution in [1.29, 1.82) is 0 Å². The van der Waals surface area contributed by atoms with Crippen LogP contribution >= 0.6 is 0 Å². The third-order valence-electron chi connectivity index (χ3n) is 2.87. The Labute approximate surface area is 109 Å². The Morgan fingerprint density at radius 1 is 1.42 bits per heavy atom. The molecule has 2 aromatic rings. The molecule has 7 nitrogen and oxygen atoms in total. The van der Waals surface area contributed by atoms with Crippen LogP contribution in [-0.2, 0) is 13.6 Å². The summed E-state index contributed by atoms with van der Waals surface area (Å²) in [6.07, 6.45) is 3.82. The second kappa shape index (κ2) is 5.13. The molecule has 0 saturated carbocycles. The van der Waals surface area contributed by atoms with Gasteiger partial charge in [-0.15, -0.1) is 0 Å². The van der Waals surface area contributed by atoms with Crippen LogP contribution in [0, 0.1) is 0 Å². The van der Waals surface area contributed by atoms with E-state index in [9.17, 15) is 9.59 Å². The number of fused-ring (bicyclic) bond motifs is 1. The average molecular weight is 263 g/mol. The van der Waals surface area contributed by atoms with E-state index in [0.717, 1.165) is 0 Å². The van der Waals surface area contributed by atoms with Crippen LogP contribution < -0.4 is 16.6 Å². The molecule has 0 fully saturated rings. The van der Waals surface area contributed by atoms with E-state index in [0.29, 0.717) is 30.2 Å². The maximum atomic E-state index is 12.0. The molecular formula is C12H17N5O2. The number of allylic oxidation sites excluding steroid dienone is 2. The van der Waals surface area contributed by atoms with Gasteiger partial charge in [-0.05, 0) is 13.8 Å². The molecule has 2 rings (SSSR count). The van der Waals surface area contributed by atoms with E-state index in [1.165, 1.54) is 4.57 Å². The van der Waals surface area contributed by atoms with Crippen LogP contribution in [0.4, 0.5) is 5.95 Å². The number of hydrogen-bond donors (Lipinski definition) is 2. The fraction of sp³-hybridized carbons (Fsp3) is 0.417. The number of nitrogens with zero attached hydrogens (tertiary/aromatic N) is 3. The molecule has 0 amide bonds. The third-order valence-corrected chi connectivity index (χ3v) is 2.87. The van der Waals surface area contributed by atoms with Crippen LogP contribution in [0.1, 0.15) is 13.8 Å². The predicted octanol–water partition coefficient (Wildman–Crippen LogP) is 0.431. The van der Waals surface area contributed by atoms with Gasteiger partial charge in [0.2, 0.25) is 5.95 Å². The smallest absolute Gasteiger partial charge is 0.329 e. The molecular weight excluding hydrogens is 246 g/mol. The molecule has 0 aliphatic rings. The molecule has 7 heteroatoms. The second-order valence-corrected chi connectivity index (χ2v) is 4.14. The summed E-state index contributed by atoms with van der Waals surface area (Å²) in [6.45, 7) is 5.07. The standard InChI is InChI=1S/C12H17N5O2/c1-4-6-7-17-8-9(14-11(17)13-5-2)16(3)12(19)15-10(8)18/h4,6H,5,7H2,1-3H3,(H,13,14)(H,15,18,19)/b6-4+. The monoisotopic (exact) mass is 263 g/mol. The molecule has 0 spiro atoms. The fourth-order valence-electron chi connectivity index (χ4n) is 1.92. The van der Waals surface area contributed by atoms with E-state index >= 15 is 0 Å². The highest BCUT2D eigenvalue weighted by molar-refractivity contribution is 5.74. The highest BCUT2D eigenvalue weighted by Crippen LogP contribution is 2.14. The molecule has 0 aliphatic heterocycles. The summed E-state index contributed by atoms with van der Waals surface area (Å²) in [5.74, 6) is 0.585. The number of rotatable bonds is 4. The van der Waals surface area contributed by atoms with Gasteiger partial charge < -0.3 is 9.88 Å². The molecule has 2 heterocycles. The number of aromatic amines is 1. The van der Waals surface area contributed by atoms with Crippen molar-refractivity contribution in [2.45, 2.75) is 20.4 Å². The first-order chi connectivity index (χ1) is 9.10. The number of H-pyrrole nitrogens is 1. The van der Waals surface area contributed by atoms with Crippen molar-refractivity contribution >= 4 is 17.1 Å². The van der Waals surface area contributed by atoms with Crippen LogP contribution in [0.25, 0.3) is 11.2 Å². The molecule has 0 unspecified atom stereocenters. The van der Waals surface area contributed by atoms with Gasteiger partial charge in [-0.1, -0.05) is 12.2 Å². The summed E-state index contributed by atoms with van der Waals surface area (Å²) < 4.78 is 3.10. The highest BCUT2D eigenvalue weighted by atomic mass is 16.2. The van der Waals surface area contributed by atoms with Crippen molar-refractivity contribution in [3.05, 3.63) is 33.0 Å². The van der Waals surface area contributed by atoms with Crippen molar-refractivity contribution in [3.8, 4) is 0 Å². The van der Waals surface area contributed by atoms with E-state index in [2.05, 4.69) is 15.3 Å². The Balaban J connectivity index is 2.81. The van der Waals surface area contributed by atoms with E-state index in [1.807, 2.05) is 26.0 Å². The van der Waals surface area contributed by atoms with E-state index in [1.54, 1.807) is 11.6 Å². The summed E-state index contributed by atoms with van der Waals surface area (Å²) in [6, 6.07) is 0. The topological polar surface area (TPSA) is 84.7 Å². The van der Waals surface area contributed by atoms with Crippen LogP contribution in [0.15, 0.2) is 21.7 Å². The average Bonchev–Trinajstić information content (AvgIpc) is 2.73. The van der Waals surface area contributed by atoms with E-state index in [-0.39, 0.29) is 0 Å². The lowest BCUT2D eigenvalue weighted by Crippen LogP contribution is -2.29. The number of aryl methyl sites for hydroxylation is 1. The van der Waals surface area contributed by atoms with Gasteiger partial charge in [-0.3, -0.25) is 14.3 Å². The predicted molar refractivity (Wildman–Crippen MR) is 74.6 cm³/mol. The van der Waals surface area contributed by atoms with Crippen molar-refractivity contribution in [3.63, 3.8) is 0 Å². The molecule has 0 atom stereocenters. The van der Waals surface area contributed by atoms with Crippen LogP contribution in [-0.4, -0.2) is 25.6 Å². The minimum absolute atomic E-state index is 0.384. The first-order valence-electron chi connectivity index (χ1n) is 6.14. The SMILES string of the molecule is C/C=C/Cn1c(NCC)nc2c1c(=O)[nH]c(=O)n2C. The number of aromatic nitrogens is 4. The molecule has 102 valence electrons. The Hall–Kier alpha value is -2.31. The van der Waals surface area contributed by atoms with Crippen molar-refractivity contribution < 1.29 is 0 Å². The van der Waals surface area contributed by atoms with Gasteiger partial charge in [0, 0.05) is 20.1 Å². The molecule has 2 aromatic heterocycles. The zero-order chi connectivity index (χ0) is 14.0. The van der Waals surface area contributed by atoms with Crippen molar-refractivity contribution in [2.75, 3.05) is 11.9 Å². The zero-order valence-corrected chi connectivity index (χ0v) is 11.2. The summed E-state index contributed by atoms with van der Waals surface area (Å²) in [7, 11) is 1.59. The maximum absolute atomic E-state index is 12.0. The number of anilines is 1. The van der Waals surface area contributed by atoms with Crippen LogP contribution in [0.5, 0.6) is 0 Å². The molecule has 0 saturated heterocycles. The molecule has 0 bridgehead atoms. The van der Waals surface area contributed by atoms with E-state index in [4.69, 9.17) is 0 Å². The normalized spacial score (nSPS) is 11.5. The Morgan fingerprint density at radius 2 is 2.16 bits per heavy atom. The fourth-order valence-corrected chi connectivity index (χ4v) is 1.92. The summed E-state index contributed by atoms with van der Waals surface area (Å²) >= 11 is 0. The van der Waals surface area contributed by atoms with Crippen molar-refractivity contribution in [1.82, 2.24) is 19.1 Å². The second-order valence-electron chi connectivity index (χ2n) is 4.14. The molecule has 2 N–H and O–H groups in total. The Kier molecular flexibility index (Phi) is 3.55. The van der Waals surface area contributed by atoms with Crippen molar-refractivity contribution in [2.24, 2.45) is 7.05 Å². The molecule has 0 radical (unpaired) electrons. The lowest BCUT2D eigenvalue weighted by Gasteiger charge is -2.06. The zero-order valence-electron chi connectivity index (χ0n) is 11.2. The lowest BCUT2D eigenvalue weighted by molar-refractivity contribution is 0.818. The maximum Gasteiger partial charge on any atom is 0.329 e. The summed E-state index contributed by atoms with van der Waals surface area (Å²) in [5.41, 5.74) is -0.0964. The first-order valence-corrected chi connectivity index (χ1v) is 6.14. The first kappa shape index (κ1) is 13.1. The number of nitrogens with one attached hydrogen (secondary N) is 2. The Morgan fingerprint density at radius 3 is 2.79 bits per heavy atom. The highest BCUT2D eigenvalue weighted by Gasteiger charge is 2.15. The quantitative estimate of drug-likeness (QED) is 0.783. The van der Waals surface area contributed by atoms with Crippen LogP contribution in [0.2, 0.25) is 0 Å². The van der Waals surface area contributed by atoms with Gasteiger partial charge >= 0.3 is 5.69 Å². The van der Waals surface area contributed by atoms with Gasteiger partial charge in [-0.2, -0.15) is 4.98 Å². The third kappa shape index (κ3) is 2.18. The van der Waals surface area contributed by atoms with E-state index < -0.39 is 11.2 Å². The van der Waals surface area contributed by atoms with Gasteiger partial charge in [0.25, 0.3) is 5.56 Å². The van der Waals surface area contributed by atoms with Gasteiger partial charge in [0.15, 0.2) is 11.2 Å². The summed E-state index contributed by atoms with van der Waals surface area (Å²) in [5, 5.41) is 3.10. The van der Waals surface area contributed by atoms with Gasteiger partial charge in [0.1, 0.15) is 0 Å². The minimum atomic E-state index is -0.462. The Bertz CT molecular complexity index is 735. The lowest BCUT2D eigenvalue weighted by atomic mass is 10.4.